The Bertz CT molecular complexity index is 1710. The first-order valence-electron chi connectivity index (χ1n) is 13.7. The third kappa shape index (κ3) is 7.29. The average Bonchev–Trinajstić information content (AvgIpc) is 3.31. The molecule has 9 heteroatoms. The first kappa shape index (κ1) is 31.2. The molecule has 5 nitrogen and oxygen atoms in total. The number of aryl methyl sites for hydroxylation is 2. The van der Waals surface area contributed by atoms with Crippen LogP contribution in [0.2, 0.25) is 10.0 Å². The Labute approximate surface area is 274 Å². The van der Waals surface area contributed by atoms with Gasteiger partial charge in [0.1, 0.15) is 6.61 Å². The summed E-state index contributed by atoms with van der Waals surface area (Å²) in [7, 11) is 1.58. The van der Waals surface area contributed by atoms with Crippen molar-refractivity contribution in [3.05, 3.63) is 121 Å². The van der Waals surface area contributed by atoms with Crippen molar-refractivity contribution in [2.75, 3.05) is 12.0 Å². The lowest BCUT2D eigenvalue weighted by Crippen LogP contribution is -2.28. The molecule has 1 aliphatic rings. The molecule has 1 aliphatic heterocycles. The maximum absolute atomic E-state index is 13.9. The molecule has 0 radical (unpaired) electrons. The van der Waals surface area contributed by atoms with Crippen molar-refractivity contribution in [2.24, 2.45) is 4.99 Å². The smallest absolute Gasteiger partial charge is 0.271 e. The Morgan fingerprint density at radius 3 is 2.21 bits per heavy atom. The van der Waals surface area contributed by atoms with Crippen LogP contribution in [0, 0.1) is 0 Å². The number of rotatable bonds is 9. The Hall–Kier alpha value is -3.23. The van der Waals surface area contributed by atoms with Gasteiger partial charge in [-0.05, 0) is 95.9 Å². The molecule has 0 N–H and O–H groups in total. The molecule has 0 spiro atoms. The van der Waals surface area contributed by atoms with E-state index in [0.29, 0.717) is 31.6 Å². The zero-order valence-electron chi connectivity index (χ0n) is 23.9. The van der Waals surface area contributed by atoms with Gasteiger partial charge in [0.2, 0.25) is 0 Å². The van der Waals surface area contributed by atoms with Crippen molar-refractivity contribution >= 4 is 79.4 Å². The van der Waals surface area contributed by atoms with E-state index in [2.05, 4.69) is 41.9 Å². The number of hydrogen-bond acceptors (Lipinski definition) is 5. The minimum absolute atomic E-state index is 0.151. The number of hydrogen-bond donors (Lipinski definition) is 0. The van der Waals surface area contributed by atoms with Crippen LogP contribution in [0.4, 0.5) is 11.4 Å². The standard InChI is InChI=1S/C34H29BrCl2N2O3S/c1-4-21-6-12-26(13-7-21)38-34-39(27-14-8-22(5-2)9-15-27)33(40)32(43-34)17-24-16-30(41-3)31(19-28(24)35)42-20-23-10-11-25(36)18-29(23)37/h6-19H,4-5,20H2,1-3H3/b32-17-,38-34?. The lowest BCUT2D eigenvalue weighted by Gasteiger charge is -2.16. The summed E-state index contributed by atoms with van der Waals surface area (Å²) in [5, 5.41) is 1.67. The molecule has 0 unspecified atom stereocenters. The van der Waals surface area contributed by atoms with Gasteiger partial charge >= 0.3 is 0 Å². The summed E-state index contributed by atoms with van der Waals surface area (Å²) in [6.07, 6.45) is 3.71. The number of aliphatic imine (C=N–C) groups is 1. The summed E-state index contributed by atoms with van der Waals surface area (Å²) in [5.74, 6) is 0.901. The van der Waals surface area contributed by atoms with Crippen molar-refractivity contribution in [3.63, 3.8) is 0 Å². The Morgan fingerprint density at radius 2 is 1.58 bits per heavy atom. The molecule has 0 aromatic heterocycles. The first-order valence-corrected chi connectivity index (χ1v) is 16.1. The predicted octanol–water partition coefficient (Wildman–Crippen LogP) is 10.3. The van der Waals surface area contributed by atoms with Gasteiger partial charge in [0.15, 0.2) is 16.7 Å². The summed E-state index contributed by atoms with van der Waals surface area (Å²) in [5.41, 5.74) is 5.54. The molecule has 0 aliphatic carbocycles. The predicted molar refractivity (Wildman–Crippen MR) is 183 cm³/mol. The number of halogens is 3. The van der Waals surface area contributed by atoms with E-state index >= 15 is 0 Å². The van der Waals surface area contributed by atoms with Gasteiger partial charge in [0.25, 0.3) is 5.91 Å². The monoisotopic (exact) mass is 694 g/mol. The number of amides is 1. The highest BCUT2D eigenvalue weighted by Gasteiger charge is 2.35. The average molecular weight is 696 g/mol. The SMILES string of the molecule is CCc1ccc(N=C2S/C(=C\c3cc(OC)c(OCc4ccc(Cl)cc4Cl)cc3Br)C(=O)N2c2ccc(CC)cc2)cc1. The van der Waals surface area contributed by atoms with Crippen LogP contribution in [0.5, 0.6) is 11.5 Å². The van der Waals surface area contributed by atoms with E-state index in [1.165, 1.54) is 22.9 Å². The highest BCUT2D eigenvalue weighted by atomic mass is 79.9. The second-order valence-electron chi connectivity index (χ2n) is 9.73. The third-order valence-corrected chi connectivity index (χ3v) is 9.19. The second kappa shape index (κ2) is 14.0. The molecular formula is C34H29BrCl2N2O3S. The molecule has 4 aromatic rings. The van der Waals surface area contributed by atoms with Crippen LogP contribution in [0.15, 0.2) is 93.2 Å². The number of amidine groups is 1. The highest BCUT2D eigenvalue weighted by Crippen LogP contribution is 2.41. The number of thioether (sulfide) groups is 1. The Balaban J connectivity index is 1.47. The minimum atomic E-state index is -0.151. The van der Waals surface area contributed by atoms with Crippen LogP contribution in [0.3, 0.4) is 0 Å². The van der Waals surface area contributed by atoms with E-state index in [0.717, 1.165) is 39.8 Å². The number of carbonyl (C=O) groups excluding carboxylic acids is 1. The maximum atomic E-state index is 13.9. The molecule has 0 saturated carbocycles. The van der Waals surface area contributed by atoms with Crippen LogP contribution < -0.4 is 14.4 Å². The normalized spacial score (nSPS) is 15.0. The molecule has 220 valence electrons. The summed E-state index contributed by atoms with van der Waals surface area (Å²) in [6, 6.07) is 25.0. The summed E-state index contributed by atoms with van der Waals surface area (Å²) < 4.78 is 12.4. The maximum Gasteiger partial charge on any atom is 0.271 e. The van der Waals surface area contributed by atoms with Crippen LogP contribution >= 0.6 is 50.9 Å². The molecular weight excluding hydrogens is 667 g/mol. The highest BCUT2D eigenvalue weighted by molar-refractivity contribution is 9.10. The molecule has 43 heavy (non-hydrogen) atoms. The van der Waals surface area contributed by atoms with Gasteiger partial charge in [0, 0.05) is 20.1 Å². The van der Waals surface area contributed by atoms with Crippen molar-refractivity contribution in [1.82, 2.24) is 0 Å². The van der Waals surface area contributed by atoms with Gasteiger partial charge in [-0.15, -0.1) is 0 Å². The Kier molecular flexibility index (Phi) is 10.2. The zero-order valence-corrected chi connectivity index (χ0v) is 27.8. The van der Waals surface area contributed by atoms with E-state index in [-0.39, 0.29) is 12.5 Å². The number of nitrogens with zero attached hydrogens (tertiary/aromatic N) is 2. The van der Waals surface area contributed by atoms with E-state index in [9.17, 15) is 4.79 Å². The van der Waals surface area contributed by atoms with E-state index in [1.54, 1.807) is 24.1 Å². The second-order valence-corrected chi connectivity index (χ2v) is 12.4. The fraction of sp³-hybridized carbons (Fsp3) is 0.176. The number of methoxy groups -OCH3 is 1. The van der Waals surface area contributed by atoms with Gasteiger partial charge in [-0.1, -0.05) is 83.3 Å². The van der Waals surface area contributed by atoms with E-state index in [4.69, 9.17) is 37.7 Å². The molecule has 1 fully saturated rings. The van der Waals surface area contributed by atoms with Gasteiger partial charge in [-0.25, -0.2) is 4.99 Å². The van der Waals surface area contributed by atoms with Crippen molar-refractivity contribution in [1.29, 1.82) is 0 Å². The third-order valence-electron chi connectivity index (χ3n) is 6.95. The lowest BCUT2D eigenvalue weighted by molar-refractivity contribution is -0.113. The van der Waals surface area contributed by atoms with Crippen molar-refractivity contribution in [3.8, 4) is 11.5 Å². The number of benzene rings is 4. The summed E-state index contributed by atoms with van der Waals surface area (Å²) in [4.78, 5) is 21.0. The largest absolute Gasteiger partial charge is 0.493 e. The van der Waals surface area contributed by atoms with Crippen LogP contribution in [-0.2, 0) is 24.2 Å². The summed E-state index contributed by atoms with van der Waals surface area (Å²) >= 11 is 17.3. The van der Waals surface area contributed by atoms with Gasteiger partial charge in [-0.3, -0.25) is 9.69 Å². The summed E-state index contributed by atoms with van der Waals surface area (Å²) in [6.45, 7) is 4.46. The van der Waals surface area contributed by atoms with E-state index in [1.807, 2.05) is 60.7 Å². The fourth-order valence-corrected chi connectivity index (χ4v) is 6.33. The van der Waals surface area contributed by atoms with Crippen LogP contribution in [-0.4, -0.2) is 18.2 Å². The molecule has 1 saturated heterocycles. The molecule has 1 heterocycles. The van der Waals surface area contributed by atoms with Gasteiger partial charge < -0.3 is 9.47 Å². The lowest BCUT2D eigenvalue weighted by atomic mass is 10.1. The van der Waals surface area contributed by atoms with Crippen LogP contribution in [0.25, 0.3) is 6.08 Å². The topological polar surface area (TPSA) is 51.1 Å². The molecule has 0 atom stereocenters. The molecule has 4 aromatic carbocycles. The zero-order chi connectivity index (χ0) is 30.5. The van der Waals surface area contributed by atoms with Crippen molar-refractivity contribution in [2.45, 2.75) is 33.3 Å². The Morgan fingerprint density at radius 1 is 0.907 bits per heavy atom. The van der Waals surface area contributed by atoms with Gasteiger partial charge in [-0.2, -0.15) is 0 Å². The van der Waals surface area contributed by atoms with Crippen molar-refractivity contribution < 1.29 is 14.3 Å². The molecule has 1 amide bonds. The van der Waals surface area contributed by atoms with Gasteiger partial charge in [0.05, 0.1) is 23.4 Å². The minimum Gasteiger partial charge on any atom is -0.493 e. The molecule has 0 bridgehead atoms. The van der Waals surface area contributed by atoms with Crippen LogP contribution in [0.1, 0.15) is 36.1 Å². The molecule has 5 rings (SSSR count). The quantitative estimate of drug-likeness (QED) is 0.164. The number of ether oxygens (including phenoxy) is 2. The first-order chi connectivity index (χ1) is 20.8. The number of anilines is 1. The fourth-order valence-electron chi connectivity index (χ4n) is 4.44. The number of carbonyl (C=O) groups is 1. The van der Waals surface area contributed by atoms with E-state index < -0.39 is 0 Å².